The van der Waals surface area contributed by atoms with Crippen molar-refractivity contribution in [2.24, 2.45) is 5.92 Å². The minimum absolute atomic E-state index is 0.131. The van der Waals surface area contributed by atoms with Crippen LogP contribution in [0.3, 0.4) is 0 Å². The van der Waals surface area contributed by atoms with Gasteiger partial charge in [-0.3, -0.25) is 0 Å². The highest BCUT2D eigenvalue weighted by atomic mass is 35.5. The molecule has 0 aliphatic carbocycles. The minimum atomic E-state index is 0.131. The number of rotatable bonds is 5. The van der Waals surface area contributed by atoms with E-state index in [-0.39, 0.29) is 11.2 Å². The van der Waals surface area contributed by atoms with Gasteiger partial charge < -0.3 is 21.3 Å². The van der Waals surface area contributed by atoms with E-state index in [9.17, 15) is 0 Å². The highest BCUT2D eigenvalue weighted by molar-refractivity contribution is 7.17. The van der Waals surface area contributed by atoms with E-state index < -0.39 is 0 Å². The smallest absolute Gasteiger partial charge is 0.248 e. The number of thiophene rings is 1. The van der Waals surface area contributed by atoms with E-state index in [1.807, 2.05) is 12.3 Å². The number of anilines is 4. The molecule has 2 aliphatic heterocycles. The molecule has 6 heterocycles. The van der Waals surface area contributed by atoms with Gasteiger partial charge >= 0.3 is 0 Å². The first-order chi connectivity index (χ1) is 17.1. The fourth-order valence-corrected chi connectivity index (χ4v) is 6.16. The molecule has 13 heteroatoms. The maximum atomic E-state index is 6.18. The second-order valence-corrected chi connectivity index (χ2v) is 10.2. The topological polar surface area (TPSA) is 136 Å². The van der Waals surface area contributed by atoms with Crippen LogP contribution in [-0.2, 0) is 0 Å². The second-order valence-electron chi connectivity index (χ2n) is 9.02. The Kier molecular flexibility index (Phi) is 5.86. The lowest BCUT2D eigenvalue weighted by Crippen LogP contribution is -2.45. The lowest BCUT2D eigenvalue weighted by Gasteiger charge is -2.39. The van der Waals surface area contributed by atoms with Crippen molar-refractivity contribution in [3.63, 3.8) is 0 Å². The molecule has 0 spiro atoms. The molecule has 0 radical (unpaired) electrons. The number of halogens is 1. The van der Waals surface area contributed by atoms with Gasteiger partial charge in [0.1, 0.15) is 0 Å². The van der Waals surface area contributed by atoms with E-state index in [2.05, 4.69) is 45.6 Å². The summed E-state index contributed by atoms with van der Waals surface area (Å²) in [6.45, 7) is 5.14. The highest BCUT2D eigenvalue weighted by Gasteiger charge is 2.33. The van der Waals surface area contributed by atoms with Crippen LogP contribution < -0.4 is 21.3 Å². The van der Waals surface area contributed by atoms with Crippen molar-refractivity contribution in [3.8, 4) is 5.82 Å². The summed E-state index contributed by atoms with van der Waals surface area (Å²) in [4.78, 5) is 24.7. The molecule has 11 nitrogen and oxygen atoms in total. The number of aromatic nitrogens is 7. The van der Waals surface area contributed by atoms with Gasteiger partial charge in [0.25, 0.3) is 0 Å². The van der Waals surface area contributed by atoms with Crippen LogP contribution in [-0.4, -0.2) is 60.4 Å². The molecule has 2 atom stereocenters. The van der Waals surface area contributed by atoms with E-state index >= 15 is 0 Å². The lowest BCUT2D eigenvalue weighted by molar-refractivity contribution is 0.351. The summed E-state index contributed by atoms with van der Waals surface area (Å²) in [5, 5.41) is 13.3. The number of piperidine rings is 1. The van der Waals surface area contributed by atoms with Gasteiger partial charge in [0, 0.05) is 12.6 Å². The summed E-state index contributed by atoms with van der Waals surface area (Å²) < 4.78 is 2.31. The first-order valence-corrected chi connectivity index (χ1v) is 13.0. The summed E-state index contributed by atoms with van der Waals surface area (Å²) in [5.41, 5.74) is 8.66. The molecule has 0 amide bonds. The Bertz CT molecular complexity index is 1350. The number of hydrogen-bond donors (Lipinski definition) is 3. The van der Waals surface area contributed by atoms with Gasteiger partial charge in [-0.05, 0) is 74.2 Å². The molecule has 2 fully saturated rings. The van der Waals surface area contributed by atoms with Crippen LogP contribution in [0, 0.1) is 12.8 Å². The maximum Gasteiger partial charge on any atom is 0.248 e. The van der Waals surface area contributed by atoms with Gasteiger partial charge in [0.15, 0.2) is 5.82 Å². The molecule has 0 saturated carbocycles. The fourth-order valence-electron chi connectivity index (χ4n) is 5.03. The van der Waals surface area contributed by atoms with Crippen molar-refractivity contribution < 1.29 is 0 Å². The summed E-state index contributed by atoms with van der Waals surface area (Å²) in [5.74, 6) is 2.44. The Morgan fingerprint density at radius 1 is 1.17 bits per heavy atom. The molecule has 2 unspecified atom stereocenters. The lowest BCUT2D eigenvalue weighted by atomic mass is 9.90. The van der Waals surface area contributed by atoms with E-state index in [4.69, 9.17) is 17.3 Å². The molecule has 4 N–H and O–H groups in total. The minimum Gasteiger partial charge on any atom is -0.368 e. The van der Waals surface area contributed by atoms with Crippen molar-refractivity contribution >= 4 is 56.7 Å². The maximum absolute atomic E-state index is 6.18. The van der Waals surface area contributed by atoms with Crippen LogP contribution in [0.25, 0.3) is 16.0 Å². The Labute approximate surface area is 211 Å². The third-order valence-electron chi connectivity index (χ3n) is 6.72. The Hall–Kier alpha value is -3.09. The summed E-state index contributed by atoms with van der Waals surface area (Å²) in [6.07, 6.45) is 8.37. The van der Waals surface area contributed by atoms with E-state index in [0.717, 1.165) is 41.4 Å². The van der Waals surface area contributed by atoms with E-state index in [1.165, 1.54) is 41.7 Å². The van der Waals surface area contributed by atoms with Crippen LogP contribution in [0.15, 0.2) is 17.8 Å². The van der Waals surface area contributed by atoms with Crippen LogP contribution >= 0.6 is 22.9 Å². The number of nitrogens with one attached hydrogen (secondary N) is 2. The number of hydrogen-bond acceptors (Lipinski definition) is 11. The monoisotopic (exact) mass is 511 g/mol. The van der Waals surface area contributed by atoms with Gasteiger partial charge in [-0.15, -0.1) is 16.4 Å². The molecule has 4 aromatic heterocycles. The van der Waals surface area contributed by atoms with Crippen LogP contribution in [0.1, 0.15) is 31.2 Å². The Balaban J connectivity index is 1.23. The zero-order chi connectivity index (χ0) is 23.9. The average Bonchev–Trinajstić information content (AvgIpc) is 3.61. The fraction of sp³-hybridized carbons (Fsp3) is 0.455. The normalized spacial score (nSPS) is 20.6. The van der Waals surface area contributed by atoms with E-state index in [1.54, 1.807) is 12.4 Å². The summed E-state index contributed by atoms with van der Waals surface area (Å²) in [6, 6.07) is 0.493. The third kappa shape index (κ3) is 4.26. The molecule has 2 saturated heterocycles. The Morgan fingerprint density at radius 2 is 2.03 bits per heavy atom. The average molecular weight is 512 g/mol. The van der Waals surface area contributed by atoms with Crippen molar-refractivity contribution in [1.29, 1.82) is 0 Å². The molecule has 0 aromatic carbocycles. The number of aryl methyl sites for hydroxylation is 1. The standard InChI is InChI=1S/C22H26ClN11S/c1-12-11-35-17-16(12)29-19(23)30-18(17)34-20(24)31-21(32-34)28-14-9-26-22(27-10-14)33-7-3-2-4-15(33)13-5-6-25-8-13/h9-11,13,15,25H,2-8H2,1H3,(H3,24,28,31,32). The molecule has 0 bridgehead atoms. The quantitative estimate of drug-likeness (QED) is 0.342. The van der Waals surface area contributed by atoms with Crippen LogP contribution in [0.5, 0.6) is 0 Å². The van der Waals surface area contributed by atoms with E-state index in [0.29, 0.717) is 29.4 Å². The number of nitrogen functional groups attached to an aromatic ring is 1. The number of nitrogens with two attached hydrogens (primary N) is 1. The predicted molar refractivity (Wildman–Crippen MR) is 138 cm³/mol. The molecular formula is C22H26ClN11S. The van der Waals surface area contributed by atoms with Gasteiger partial charge in [-0.1, -0.05) is 0 Å². The molecule has 182 valence electrons. The van der Waals surface area contributed by atoms with Gasteiger partial charge in [0.2, 0.25) is 23.1 Å². The summed E-state index contributed by atoms with van der Waals surface area (Å²) >= 11 is 7.68. The van der Waals surface area contributed by atoms with Crippen molar-refractivity contribution in [2.45, 2.75) is 38.6 Å². The predicted octanol–water partition coefficient (Wildman–Crippen LogP) is 3.32. The SMILES string of the molecule is Cc1csc2c(-n3nc(Nc4cnc(N5CCCCC5C5CCNC5)nc4)nc3N)nc(Cl)nc12. The van der Waals surface area contributed by atoms with Gasteiger partial charge in [-0.25, -0.2) is 15.0 Å². The first-order valence-electron chi connectivity index (χ1n) is 11.8. The summed E-state index contributed by atoms with van der Waals surface area (Å²) in [7, 11) is 0. The van der Waals surface area contributed by atoms with Crippen molar-refractivity contribution in [1.82, 2.24) is 40.0 Å². The van der Waals surface area contributed by atoms with Crippen LogP contribution in [0.4, 0.5) is 23.5 Å². The first kappa shape index (κ1) is 22.4. The van der Waals surface area contributed by atoms with Gasteiger partial charge in [-0.2, -0.15) is 14.6 Å². The number of fused-ring (bicyclic) bond motifs is 1. The largest absolute Gasteiger partial charge is 0.368 e. The second kappa shape index (κ2) is 9.17. The molecule has 2 aliphatic rings. The molecule has 4 aromatic rings. The Morgan fingerprint density at radius 3 is 2.83 bits per heavy atom. The zero-order valence-electron chi connectivity index (χ0n) is 19.3. The number of nitrogens with zero attached hydrogens (tertiary/aromatic N) is 8. The van der Waals surface area contributed by atoms with Crippen LogP contribution in [0.2, 0.25) is 5.28 Å². The van der Waals surface area contributed by atoms with Gasteiger partial charge in [0.05, 0.1) is 28.3 Å². The molecule has 6 rings (SSSR count). The third-order valence-corrected chi connectivity index (χ3v) is 7.98. The molecular weight excluding hydrogens is 486 g/mol. The zero-order valence-corrected chi connectivity index (χ0v) is 20.9. The van der Waals surface area contributed by atoms with Crippen molar-refractivity contribution in [2.75, 3.05) is 35.6 Å². The highest BCUT2D eigenvalue weighted by Crippen LogP contribution is 2.32. The molecule has 35 heavy (non-hydrogen) atoms. The van der Waals surface area contributed by atoms with Crippen molar-refractivity contribution in [3.05, 3.63) is 28.6 Å².